The molecule has 3 rings (SSSR count). The molecule has 1 fully saturated rings. The van der Waals surface area contributed by atoms with Crippen molar-refractivity contribution in [3.05, 3.63) is 29.7 Å². The molecular weight excluding hydrogens is 318 g/mol. The van der Waals surface area contributed by atoms with Gasteiger partial charge < -0.3 is 13.9 Å². The van der Waals surface area contributed by atoms with E-state index in [4.69, 9.17) is 19.2 Å². The van der Waals surface area contributed by atoms with Crippen LogP contribution < -0.4 is 9.47 Å². The van der Waals surface area contributed by atoms with Gasteiger partial charge in [0.25, 0.3) is 0 Å². The first-order valence-corrected chi connectivity index (χ1v) is 8.45. The fourth-order valence-corrected chi connectivity index (χ4v) is 3.19. The van der Waals surface area contributed by atoms with Crippen LogP contribution in [0.3, 0.4) is 0 Å². The molecular formula is C19H23N3O3. The lowest BCUT2D eigenvalue weighted by atomic mass is 9.99. The number of benzene rings is 1. The van der Waals surface area contributed by atoms with Crippen molar-refractivity contribution in [2.24, 2.45) is 5.92 Å². The summed E-state index contributed by atoms with van der Waals surface area (Å²) in [6.07, 6.45) is 2.03. The highest BCUT2D eigenvalue weighted by atomic mass is 16.5. The molecule has 6 heteroatoms. The number of piperidine rings is 1. The lowest BCUT2D eigenvalue weighted by molar-refractivity contribution is 0.189. The lowest BCUT2D eigenvalue weighted by Crippen LogP contribution is -2.34. The van der Waals surface area contributed by atoms with Crippen molar-refractivity contribution in [1.82, 2.24) is 9.88 Å². The van der Waals surface area contributed by atoms with E-state index in [9.17, 15) is 0 Å². The van der Waals surface area contributed by atoms with E-state index in [-0.39, 0.29) is 5.92 Å². The summed E-state index contributed by atoms with van der Waals surface area (Å²) in [5.74, 6) is 2.84. The third kappa shape index (κ3) is 3.77. The van der Waals surface area contributed by atoms with Crippen LogP contribution in [-0.2, 0) is 6.54 Å². The summed E-state index contributed by atoms with van der Waals surface area (Å²) < 4.78 is 16.6. The summed E-state index contributed by atoms with van der Waals surface area (Å²) >= 11 is 0. The van der Waals surface area contributed by atoms with E-state index in [1.807, 2.05) is 25.1 Å². The van der Waals surface area contributed by atoms with Crippen molar-refractivity contribution in [2.45, 2.75) is 26.3 Å². The fourth-order valence-electron chi connectivity index (χ4n) is 3.19. The normalized spacial score (nSPS) is 17.9. The number of hydrogen-bond donors (Lipinski definition) is 0. The van der Waals surface area contributed by atoms with E-state index in [1.54, 1.807) is 14.2 Å². The standard InChI is InChI=1S/C19H23N3O3/c1-13-17(12-22-8-4-5-14(10-20)11-22)21-19(25-13)16-9-15(23-2)6-7-18(16)24-3/h6-7,9,14H,4-5,8,11-12H2,1-3H3/t14-/m0/s1. The van der Waals surface area contributed by atoms with E-state index < -0.39 is 0 Å². The number of aromatic nitrogens is 1. The van der Waals surface area contributed by atoms with Crippen LogP contribution in [0.4, 0.5) is 0 Å². The lowest BCUT2D eigenvalue weighted by Gasteiger charge is -2.28. The van der Waals surface area contributed by atoms with Crippen LogP contribution >= 0.6 is 0 Å². The Balaban J connectivity index is 1.84. The zero-order chi connectivity index (χ0) is 17.8. The molecule has 1 atom stereocenters. The molecule has 1 aromatic heterocycles. The van der Waals surface area contributed by atoms with Gasteiger partial charge in [-0.1, -0.05) is 0 Å². The highest BCUT2D eigenvalue weighted by Gasteiger charge is 2.22. The predicted molar refractivity (Wildman–Crippen MR) is 93.4 cm³/mol. The van der Waals surface area contributed by atoms with Crippen LogP contribution in [-0.4, -0.2) is 37.2 Å². The van der Waals surface area contributed by atoms with Gasteiger partial charge in [0.15, 0.2) is 0 Å². The molecule has 1 saturated heterocycles. The second kappa shape index (κ2) is 7.58. The Bertz CT molecular complexity index is 779. The molecule has 0 aliphatic carbocycles. The Hall–Kier alpha value is -2.52. The summed E-state index contributed by atoms with van der Waals surface area (Å²) in [5, 5.41) is 9.15. The zero-order valence-electron chi connectivity index (χ0n) is 14.9. The van der Waals surface area contributed by atoms with Gasteiger partial charge in [0, 0.05) is 13.1 Å². The van der Waals surface area contributed by atoms with Gasteiger partial charge in [-0.15, -0.1) is 0 Å². The van der Waals surface area contributed by atoms with Gasteiger partial charge in [-0.05, 0) is 44.5 Å². The molecule has 0 radical (unpaired) electrons. The zero-order valence-corrected chi connectivity index (χ0v) is 14.9. The molecule has 1 aromatic carbocycles. The van der Waals surface area contributed by atoms with Crippen LogP contribution in [0.2, 0.25) is 0 Å². The van der Waals surface area contributed by atoms with E-state index in [2.05, 4.69) is 16.0 Å². The number of nitrogens with zero attached hydrogens (tertiary/aromatic N) is 3. The molecule has 0 amide bonds. The fraction of sp³-hybridized carbons (Fsp3) is 0.474. The van der Waals surface area contributed by atoms with Gasteiger partial charge in [-0.3, -0.25) is 4.90 Å². The number of rotatable bonds is 5. The Kier molecular flexibility index (Phi) is 5.25. The first kappa shape index (κ1) is 17.3. The Morgan fingerprint density at radius 1 is 1.36 bits per heavy atom. The predicted octanol–water partition coefficient (Wildman–Crippen LogP) is 3.40. The summed E-state index contributed by atoms with van der Waals surface area (Å²) in [4.78, 5) is 6.95. The smallest absolute Gasteiger partial charge is 0.230 e. The van der Waals surface area contributed by atoms with Crippen molar-refractivity contribution >= 4 is 0 Å². The SMILES string of the molecule is COc1ccc(OC)c(-c2nc(CN3CCC[C@@H](C#N)C3)c(C)o2)c1. The molecule has 1 aliphatic heterocycles. The van der Waals surface area contributed by atoms with Crippen LogP contribution in [0.15, 0.2) is 22.6 Å². The molecule has 0 bridgehead atoms. The highest BCUT2D eigenvalue weighted by Crippen LogP contribution is 2.34. The highest BCUT2D eigenvalue weighted by molar-refractivity contribution is 5.65. The molecule has 2 heterocycles. The van der Waals surface area contributed by atoms with Crippen molar-refractivity contribution in [1.29, 1.82) is 5.26 Å². The summed E-state index contributed by atoms with van der Waals surface area (Å²) in [7, 11) is 3.25. The van der Waals surface area contributed by atoms with Gasteiger partial charge in [0.1, 0.15) is 17.3 Å². The number of aryl methyl sites for hydroxylation is 1. The van der Waals surface area contributed by atoms with Gasteiger partial charge in [0.05, 0.1) is 37.5 Å². The largest absolute Gasteiger partial charge is 0.497 e. The van der Waals surface area contributed by atoms with Crippen LogP contribution in [0.5, 0.6) is 11.5 Å². The average Bonchev–Trinajstić information content (AvgIpc) is 3.01. The molecule has 1 aliphatic rings. The number of nitriles is 1. The number of hydrogen-bond acceptors (Lipinski definition) is 6. The van der Waals surface area contributed by atoms with Crippen LogP contribution in [0.1, 0.15) is 24.3 Å². The first-order chi connectivity index (χ1) is 12.1. The molecule has 6 nitrogen and oxygen atoms in total. The minimum absolute atomic E-state index is 0.110. The topological polar surface area (TPSA) is 71.5 Å². The minimum atomic E-state index is 0.110. The number of oxazole rings is 1. The minimum Gasteiger partial charge on any atom is -0.497 e. The van der Waals surface area contributed by atoms with Gasteiger partial charge in [-0.2, -0.15) is 5.26 Å². The number of methoxy groups -OCH3 is 2. The number of ether oxygens (including phenoxy) is 2. The maximum absolute atomic E-state index is 9.15. The Morgan fingerprint density at radius 3 is 2.92 bits per heavy atom. The van der Waals surface area contributed by atoms with Crippen LogP contribution in [0.25, 0.3) is 11.5 Å². The van der Waals surface area contributed by atoms with Crippen molar-refractivity contribution in [3.8, 4) is 29.0 Å². The molecule has 2 aromatic rings. The Labute approximate surface area is 148 Å². The van der Waals surface area contributed by atoms with E-state index in [0.717, 1.165) is 48.7 Å². The molecule has 0 saturated carbocycles. The third-order valence-corrected chi connectivity index (χ3v) is 4.59. The average molecular weight is 341 g/mol. The van der Waals surface area contributed by atoms with Gasteiger partial charge in [0.2, 0.25) is 5.89 Å². The second-order valence-corrected chi connectivity index (χ2v) is 6.29. The summed E-state index contributed by atoms with van der Waals surface area (Å²) in [6.45, 7) is 4.40. The molecule has 25 heavy (non-hydrogen) atoms. The van der Waals surface area contributed by atoms with E-state index in [0.29, 0.717) is 18.2 Å². The number of likely N-dealkylation sites (tertiary alicyclic amines) is 1. The summed E-state index contributed by atoms with van der Waals surface area (Å²) in [6, 6.07) is 7.92. The van der Waals surface area contributed by atoms with Crippen molar-refractivity contribution < 1.29 is 13.9 Å². The third-order valence-electron chi connectivity index (χ3n) is 4.59. The molecule has 0 spiro atoms. The van der Waals surface area contributed by atoms with Crippen molar-refractivity contribution in [3.63, 3.8) is 0 Å². The maximum atomic E-state index is 9.15. The van der Waals surface area contributed by atoms with E-state index >= 15 is 0 Å². The maximum Gasteiger partial charge on any atom is 0.230 e. The van der Waals surface area contributed by atoms with Gasteiger partial charge >= 0.3 is 0 Å². The quantitative estimate of drug-likeness (QED) is 0.830. The molecule has 0 N–H and O–H groups in total. The van der Waals surface area contributed by atoms with E-state index in [1.165, 1.54) is 0 Å². The Morgan fingerprint density at radius 2 is 2.20 bits per heavy atom. The molecule has 0 unspecified atom stereocenters. The van der Waals surface area contributed by atoms with Crippen LogP contribution in [0, 0.1) is 24.2 Å². The monoisotopic (exact) mass is 341 g/mol. The second-order valence-electron chi connectivity index (χ2n) is 6.29. The first-order valence-electron chi connectivity index (χ1n) is 8.45. The molecule has 132 valence electrons. The van der Waals surface area contributed by atoms with Crippen molar-refractivity contribution in [2.75, 3.05) is 27.3 Å². The van der Waals surface area contributed by atoms with Gasteiger partial charge in [-0.25, -0.2) is 4.98 Å². The summed E-state index contributed by atoms with van der Waals surface area (Å²) in [5.41, 5.74) is 1.67.